The van der Waals surface area contributed by atoms with E-state index in [9.17, 15) is 4.79 Å². The standard InChI is InChI=1S/C18H20INO2/c1-12(2)14-4-10-17(11-5-14)22-13(3)18(21)20-16-8-6-15(19)7-9-16/h4-13H,1-3H3,(H,20,21)/t13-/m0/s1. The van der Waals surface area contributed by atoms with Gasteiger partial charge in [-0.2, -0.15) is 0 Å². The number of halogens is 1. The minimum absolute atomic E-state index is 0.158. The summed E-state index contributed by atoms with van der Waals surface area (Å²) in [5, 5.41) is 2.85. The molecule has 22 heavy (non-hydrogen) atoms. The van der Waals surface area contributed by atoms with Crippen molar-refractivity contribution in [1.29, 1.82) is 0 Å². The van der Waals surface area contributed by atoms with E-state index in [4.69, 9.17) is 4.74 Å². The first-order valence-electron chi connectivity index (χ1n) is 7.29. The number of rotatable bonds is 5. The van der Waals surface area contributed by atoms with Gasteiger partial charge in [0.25, 0.3) is 5.91 Å². The van der Waals surface area contributed by atoms with Gasteiger partial charge in [0.1, 0.15) is 5.75 Å². The predicted molar refractivity (Wildman–Crippen MR) is 98.4 cm³/mol. The molecule has 0 aliphatic rings. The fourth-order valence-electron chi connectivity index (χ4n) is 1.97. The molecule has 4 heteroatoms. The molecule has 3 nitrogen and oxygen atoms in total. The van der Waals surface area contributed by atoms with E-state index in [1.807, 2.05) is 48.5 Å². The number of carbonyl (C=O) groups is 1. The first-order chi connectivity index (χ1) is 10.5. The molecule has 0 radical (unpaired) electrons. The average molecular weight is 409 g/mol. The highest BCUT2D eigenvalue weighted by atomic mass is 127. The molecule has 1 N–H and O–H groups in total. The van der Waals surface area contributed by atoms with Gasteiger partial charge in [0.15, 0.2) is 6.10 Å². The van der Waals surface area contributed by atoms with E-state index in [0.29, 0.717) is 11.7 Å². The van der Waals surface area contributed by atoms with Gasteiger partial charge in [0, 0.05) is 9.26 Å². The summed E-state index contributed by atoms with van der Waals surface area (Å²) in [6.07, 6.45) is -0.552. The number of anilines is 1. The van der Waals surface area contributed by atoms with E-state index in [-0.39, 0.29) is 5.91 Å². The molecule has 2 aromatic rings. The van der Waals surface area contributed by atoms with Crippen LogP contribution in [-0.4, -0.2) is 12.0 Å². The smallest absolute Gasteiger partial charge is 0.265 e. The Morgan fingerprint density at radius 3 is 2.14 bits per heavy atom. The van der Waals surface area contributed by atoms with Gasteiger partial charge in [-0.1, -0.05) is 26.0 Å². The fourth-order valence-corrected chi connectivity index (χ4v) is 2.33. The maximum Gasteiger partial charge on any atom is 0.265 e. The molecular formula is C18H20INO2. The zero-order chi connectivity index (χ0) is 16.1. The highest BCUT2D eigenvalue weighted by molar-refractivity contribution is 14.1. The lowest BCUT2D eigenvalue weighted by Gasteiger charge is -2.15. The van der Waals surface area contributed by atoms with Crippen LogP contribution in [0, 0.1) is 3.57 Å². The zero-order valence-corrected chi connectivity index (χ0v) is 15.1. The summed E-state index contributed by atoms with van der Waals surface area (Å²) in [5.41, 5.74) is 2.03. The largest absolute Gasteiger partial charge is 0.481 e. The molecule has 0 fully saturated rings. The Balaban J connectivity index is 1.94. The van der Waals surface area contributed by atoms with Crippen LogP contribution in [0.25, 0.3) is 0 Å². The molecule has 0 saturated heterocycles. The Kier molecular flexibility index (Phi) is 5.83. The second-order valence-electron chi connectivity index (χ2n) is 5.48. The fraction of sp³-hybridized carbons (Fsp3) is 0.278. The van der Waals surface area contributed by atoms with Gasteiger partial charge in [0.2, 0.25) is 0 Å². The Bertz CT molecular complexity index is 621. The highest BCUT2D eigenvalue weighted by Gasteiger charge is 2.15. The van der Waals surface area contributed by atoms with Gasteiger partial charge >= 0.3 is 0 Å². The van der Waals surface area contributed by atoms with Crippen LogP contribution in [0.2, 0.25) is 0 Å². The summed E-state index contributed by atoms with van der Waals surface area (Å²) in [5.74, 6) is 1.03. The normalized spacial score (nSPS) is 12.0. The summed E-state index contributed by atoms with van der Waals surface area (Å²) >= 11 is 2.23. The van der Waals surface area contributed by atoms with E-state index in [2.05, 4.69) is 41.8 Å². The third kappa shape index (κ3) is 4.73. The second-order valence-corrected chi connectivity index (χ2v) is 6.73. The van der Waals surface area contributed by atoms with Gasteiger partial charge in [-0.15, -0.1) is 0 Å². The van der Waals surface area contributed by atoms with Gasteiger partial charge < -0.3 is 10.1 Å². The Hall–Kier alpha value is -1.56. The quantitative estimate of drug-likeness (QED) is 0.720. The van der Waals surface area contributed by atoms with Crippen LogP contribution in [-0.2, 0) is 4.79 Å². The van der Waals surface area contributed by atoms with Crippen molar-refractivity contribution in [3.63, 3.8) is 0 Å². The molecular weight excluding hydrogens is 389 g/mol. The summed E-state index contributed by atoms with van der Waals surface area (Å²) in [4.78, 5) is 12.1. The van der Waals surface area contributed by atoms with Crippen molar-refractivity contribution in [2.75, 3.05) is 5.32 Å². The number of hydrogen-bond acceptors (Lipinski definition) is 2. The maximum atomic E-state index is 12.1. The summed E-state index contributed by atoms with van der Waals surface area (Å²) in [6, 6.07) is 15.5. The van der Waals surface area contributed by atoms with E-state index in [1.54, 1.807) is 6.92 Å². The number of carbonyl (C=O) groups excluding carboxylic acids is 1. The molecule has 116 valence electrons. The molecule has 0 heterocycles. The molecule has 0 saturated carbocycles. The topological polar surface area (TPSA) is 38.3 Å². The maximum absolute atomic E-state index is 12.1. The SMILES string of the molecule is CC(C)c1ccc(O[C@@H](C)C(=O)Nc2ccc(I)cc2)cc1. The summed E-state index contributed by atoms with van der Waals surface area (Å²) < 4.78 is 6.82. The highest BCUT2D eigenvalue weighted by Crippen LogP contribution is 2.20. The molecule has 0 bridgehead atoms. The number of benzene rings is 2. The average Bonchev–Trinajstić information content (AvgIpc) is 2.50. The number of nitrogens with one attached hydrogen (secondary N) is 1. The number of amides is 1. The third-order valence-corrected chi connectivity index (χ3v) is 4.06. The summed E-state index contributed by atoms with van der Waals surface area (Å²) in [6.45, 7) is 6.04. The second kappa shape index (κ2) is 7.63. The van der Waals surface area contributed by atoms with Crippen LogP contribution in [0.4, 0.5) is 5.69 Å². The van der Waals surface area contributed by atoms with Crippen LogP contribution < -0.4 is 10.1 Å². The van der Waals surface area contributed by atoms with Gasteiger partial charge in [-0.25, -0.2) is 0 Å². The number of ether oxygens (including phenoxy) is 1. The molecule has 2 aromatic carbocycles. The molecule has 1 amide bonds. The van der Waals surface area contributed by atoms with E-state index in [0.717, 1.165) is 9.26 Å². The third-order valence-electron chi connectivity index (χ3n) is 3.34. The van der Waals surface area contributed by atoms with Crippen LogP contribution in [0.5, 0.6) is 5.75 Å². The lowest BCUT2D eigenvalue weighted by molar-refractivity contribution is -0.122. The van der Waals surface area contributed by atoms with E-state index >= 15 is 0 Å². The molecule has 1 atom stereocenters. The van der Waals surface area contributed by atoms with Gasteiger partial charge in [0.05, 0.1) is 0 Å². The van der Waals surface area contributed by atoms with Crippen LogP contribution in [0.3, 0.4) is 0 Å². The van der Waals surface area contributed by atoms with Crippen molar-refractivity contribution in [2.24, 2.45) is 0 Å². The van der Waals surface area contributed by atoms with Gasteiger partial charge in [-0.3, -0.25) is 4.79 Å². The van der Waals surface area contributed by atoms with Crippen molar-refractivity contribution in [1.82, 2.24) is 0 Å². The van der Waals surface area contributed by atoms with Crippen molar-refractivity contribution in [3.05, 3.63) is 57.7 Å². The lowest BCUT2D eigenvalue weighted by atomic mass is 10.0. The van der Waals surface area contributed by atoms with Crippen molar-refractivity contribution in [2.45, 2.75) is 32.8 Å². The first kappa shape index (κ1) is 16.8. The Labute approximate surface area is 145 Å². The van der Waals surface area contributed by atoms with Crippen LogP contribution in [0.1, 0.15) is 32.3 Å². The predicted octanol–water partition coefficient (Wildman–Crippen LogP) is 4.82. The molecule has 0 aliphatic heterocycles. The van der Waals surface area contributed by atoms with Crippen LogP contribution >= 0.6 is 22.6 Å². The van der Waals surface area contributed by atoms with E-state index in [1.165, 1.54) is 5.56 Å². The first-order valence-corrected chi connectivity index (χ1v) is 8.36. The van der Waals surface area contributed by atoms with Crippen molar-refractivity contribution in [3.8, 4) is 5.75 Å². The minimum Gasteiger partial charge on any atom is -0.481 e. The minimum atomic E-state index is -0.552. The molecule has 0 aliphatic carbocycles. The van der Waals surface area contributed by atoms with Gasteiger partial charge in [-0.05, 0) is 77.4 Å². The molecule has 0 spiro atoms. The summed E-state index contributed by atoms with van der Waals surface area (Å²) in [7, 11) is 0. The monoisotopic (exact) mass is 409 g/mol. The lowest BCUT2D eigenvalue weighted by Crippen LogP contribution is -2.30. The Morgan fingerprint density at radius 1 is 1.00 bits per heavy atom. The van der Waals surface area contributed by atoms with Crippen molar-refractivity contribution < 1.29 is 9.53 Å². The molecule has 0 unspecified atom stereocenters. The zero-order valence-electron chi connectivity index (χ0n) is 13.0. The molecule has 2 rings (SSSR count). The van der Waals surface area contributed by atoms with E-state index < -0.39 is 6.10 Å². The Morgan fingerprint density at radius 2 is 1.59 bits per heavy atom. The number of hydrogen-bond donors (Lipinski definition) is 1. The van der Waals surface area contributed by atoms with Crippen LogP contribution in [0.15, 0.2) is 48.5 Å². The van der Waals surface area contributed by atoms with Crippen molar-refractivity contribution >= 4 is 34.2 Å². The molecule has 0 aromatic heterocycles.